The Bertz CT molecular complexity index is 196. The minimum atomic E-state index is 0.0104. The van der Waals surface area contributed by atoms with E-state index in [1.165, 1.54) is 0 Å². The fraction of sp³-hybridized carbons (Fsp3) is 0.444. The highest BCUT2D eigenvalue weighted by Crippen LogP contribution is 2.16. The summed E-state index contributed by atoms with van der Waals surface area (Å²) < 4.78 is 0. The fourth-order valence-corrected chi connectivity index (χ4v) is 0.885. The number of likely N-dealkylation sites (N-methyl/N-ethyl adjacent to an activating group) is 1. The Labute approximate surface area is 67.9 Å². The number of rotatable bonds is 1. The van der Waals surface area contributed by atoms with E-state index in [9.17, 15) is 0 Å². The molecule has 0 aromatic heterocycles. The minimum absolute atomic E-state index is 0.0104. The second-order valence-corrected chi connectivity index (χ2v) is 3.09. The predicted molar refractivity (Wildman–Crippen MR) is 48.9 cm³/mol. The highest BCUT2D eigenvalue weighted by atomic mass is 15.1. The smallest absolute Gasteiger partial charge is 0.0562 e. The Hall–Kier alpha value is -0.890. The lowest BCUT2D eigenvalue weighted by Gasteiger charge is -2.29. The first-order valence-electron chi connectivity index (χ1n) is 3.71. The number of aliphatic imine (C=N–C) groups is 1. The maximum atomic E-state index is 4.03. The van der Waals surface area contributed by atoms with Crippen LogP contribution in [-0.2, 0) is 0 Å². The van der Waals surface area contributed by atoms with E-state index in [2.05, 4.69) is 43.1 Å². The van der Waals surface area contributed by atoms with Crippen LogP contribution in [0.4, 0.5) is 0 Å². The number of hydrogen-bond acceptors (Lipinski definition) is 2. The molecule has 0 bridgehead atoms. The van der Waals surface area contributed by atoms with Crippen LogP contribution in [0.3, 0.4) is 0 Å². The van der Waals surface area contributed by atoms with E-state index in [0.29, 0.717) is 0 Å². The zero-order chi connectivity index (χ0) is 8.32. The van der Waals surface area contributed by atoms with Gasteiger partial charge >= 0.3 is 0 Å². The maximum absolute atomic E-state index is 4.03. The molecule has 0 saturated heterocycles. The van der Waals surface area contributed by atoms with Crippen LogP contribution in [0.5, 0.6) is 0 Å². The summed E-state index contributed by atoms with van der Waals surface area (Å²) in [5.41, 5.74) is 0.0104. The largest absolute Gasteiger partial charge is 0.297 e. The van der Waals surface area contributed by atoms with Crippen molar-refractivity contribution in [2.45, 2.75) is 12.5 Å². The lowest BCUT2D eigenvalue weighted by molar-refractivity contribution is 0.285. The molecule has 0 fully saturated rings. The first-order valence-corrected chi connectivity index (χ1v) is 3.71. The lowest BCUT2D eigenvalue weighted by atomic mass is 10.0. The van der Waals surface area contributed by atoms with Gasteiger partial charge in [-0.25, -0.2) is 0 Å². The summed E-state index contributed by atoms with van der Waals surface area (Å²) in [5, 5.41) is 0. The van der Waals surface area contributed by atoms with Crippen molar-refractivity contribution in [3.63, 3.8) is 0 Å². The predicted octanol–water partition coefficient (Wildman–Crippen LogP) is 1.46. The van der Waals surface area contributed by atoms with Crippen LogP contribution in [0.25, 0.3) is 0 Å². The SMILES string of the molecule is CN(C)C1(C)C=CC=NC=C1. The summed E-state index contributed by atoms with van der Waals surface area (Å²) in [4.78, 5) is 6.18. The second kappa shape index (κ2) is 3.01. The van der Waals surface area contributed by atoms with Crippen LogP contribution in [-0.4, -0.2) is 30.7 Å². The summed E-state index contributed by atoms with van der Waals surface area (Å²) in [5.74, 6) is 0. The molecule has 2 heteroatoms. The molecule has 1 aliphatic rings. The molecule has 60 valence electrons. The zero-order valence-corrected chi connectivity index (χ0v) is 7.28. The molecule has 0 aromatic carbocycles. The third-order valence-corrected chi connectivity index (χ3v) is 2.07. The quantitative estimate of drug-likeness (QED) is 0.552. The molecule has 0 saturated carbocycles. The minimum Gasteiger partial charge on any atom is -0.297 e. The lowest BCUT2D eigenvalue weighted by Crippen LogP contribution is -2.37. The van der Waals surface area contributed by atoms with Gasteiger partial charge in [0.15, 0.2) is 0 Å². The number of allylic oxidation sites excluding steroid dienone is 1. The molecule has 1 aliphatic heterocycles. The van der Waals surface area contributed by atoms with E-state index in [0.717, 1.165) is 0 Å². The monoisotopic (exact) mass is 150 g/mol. The van der Waals surface area contributed by atoms with Gasteiger partial charge in [0.25, 0.3) is 0 Å². The van der Waals surface area contributed by atoms with Crippen LogP contribution < -0.4 is 0 Å². The normalized spacial score (nSPS) is 29.5. The Morgan fingerprint density at radius 3 is 2.64 bits per heavy atom. The molecule has 0 aromatic rings. The number of nitrogens with zero attached hydrogens (tertiary/aromatic N) is 2. The Balaban J connectivity index is 2.87. The molecule has 1 rings (SSSR count). The average molecular weight is 150 g/mol. The van der Waals surface area contributed by atoms with E-state index < -0.39 is 0 Å². The molecule has 1 atom stereocenters. The van der Waals surface area contributed by atoms with Crippen molar-refractivity contribution < 1.29 is 0 Å². The summed E-state index contributed by atoms with van der Waals surface area (Å²) >= 11 is 0. The molecule has 0 amide bonds. The van der Waals surface area contributed by atoms with E-state index in [1.54, 1.807) is 6.21 Å². The molecular formula is C9H14N2. The molecule has 1 unspecified atom stereocenters. The maximum Gasteiger partial charge on any atom is 0.0562 e. The third kappa shape index (κ3) is 1.77. The Morgan fingerprint density at radius 1 is 1.27 bits per heavy atom. The summed E-state index contributed by atoms with van der Waals surface area (Å²) in [6, 6.07) is 0. The molecule has 0 N–H and O–H groups in total. The van der Waals surface area contributed by atoms with Crippen molar-refractivity contribution in [1.29, 1.82) is 0 Å². The molecular weight excluding hydrogens is 136 g/mol. The summed E-state index contributed by atoms with van der Waals surface area (Å²) in [6.45, 7) is 2.15. The van der Waals surface area contributed by atoms with Gasteiger partial charge in [-0.1, -0.05) is 6.08 Å². The van der Waals surface area contributed by atoms with Gasteiger partial charge in [-0.2, -0.15) is 0 Å². The van der Waals surface area contributed by atoms with E-state index in [4.69, 9.17) is 0 Å². The van der Waals surface area contributed by atoms with E-state index >= 15 is 0 Å². The van der Waals surface area contributed by atoms with Crippen LogP contribution in [0, 0.1) is 0 Å². The molecule has 0 aliphatic carbocycles. The average Bonchev–Trinajstić information content (AvgIpc) is 2.15. The van der Waals surface area contributed by atoms with Crippen molar-refractivity contribution in [3.05, 3.63) is 24.4 Å². The Kier molecular flexibility index (Phi) is 2.25. The molecule has 1 heterocycles. The third-order valence-electron chi connectivity index (χ3n) is 2.07. The highest BCUT2D eigenvalue weighted by Gasteiger charge is 2.19. The van der Waals surface area contributed by atoms with Crippen molar-refractivity contribution in [2.75, 3.05) is 14.1 Å². The summed E-state index contributed by atoms with van der Waals surface area (Å²) in [6.07, 6.45) is 9.80. The highest BCUT2D eigenvalue weighted by molar-refractivity contribution is 5.72. The molecule has 11 heavy (non-hydrogen) atoms. The van der Waals surface area contributed by atoms with Crippen LogP contribution in [0.1, 0.15) is 6.92 Å². The summed E-state index contributed by atoms with van der Waals surface area (Å²) in [7, 11) is 4.11. The first-order chi connectivity index (χ1) is 5.15. The van der Waals surface area contributed by atoms with Gasteiger partial charge in [0.05, 0.1) is 5.54 Å². The van der Waals surface area contributed by atoms with Crippen molar-refractivity contribution in [2.24, 2.45) is 4.99 Å². The van der Waals surface area contributed by atoms with Crippen molar-refractivity contribution in [1.82, 2.24) is 4.90 Å². The fourth-order valence-electron chi connectivity index (χ4n) is 0.885. The van der Waals surface area contributed by atoms with Gasteiger partial charge in [-0.15, -0.1) is 0 Å². The van der Waals surface area contributed by atoms with Gasteiger partial charge in [-0.05, 0) is 33.2 Å². The van der Waals surface area contributed by atoms with Crippen molar-refractivity contribution >= 4 is 6.21 Å². The standard InChI is InChI=1S/C9H14N2/c1-9(11(2)3)5-4-7-10-8-6-9/h4-8H,1-3H3. The Morgan fingerprint density at radius 2 is 2.00 bits per heavy atom. The molecule has 0 radical (unpaired) electrons. The second-order valence-electron chi connectivity index (χ2n) is 3.09. The van der Waals surface area contributed by atoms with E-state index in [1.807, 2.05) is 12.3 Å². The number of hydrogen-bond donors (Lipinski definition) is 0. The van der Waals surface area contributed by atoms with Gasteiger partial charge in [0, 0.05) is 12.4 Å². The van der Waals surface area contributed by atoms with Gasteiger partial charge in [0.2, 0.25) is 0 Å². The van der Waals surface area contributed by atoms with Gasteiger partial charge in [-0.3, -0.25) is 9.89 Å². The van der Waals surface area contributed by atoms with Crippen LogP contribution in [0.15, 0.2) is 29.4 Å². The topological polar surface area (TPSA) is 15.6 Å². The van der Waals surface area contributed by atoms with E-state index in [-0.39, 0.29) is 5.54 Å². The molecule has 2 nitrogen and oxygen atoms in total. The first kappa shape index (κ1) is 8.21. The van der Waals surface area contributed by atoms with Gasteiger partial charge in [0.1, 0.15) is 0 Å². The molecule has 0 spiro atoms. The van der Waals surface area contributed by atoms with Crippen LogP contribution in [0.2, 0.25) is 0 Å². The zero-order valence-electron chi connectivity index (χ0n) is 7.28. The van der Waals surface area contributed by atoms with Crippen LogP contribution >= 0.6 is 0 Å². The van der Waals surface area contributed by atoms with Crippen molar-refractivity contribution in [3.8, 4) is 0 Å². The van der Waals surface area contributed by atoms with Gasteiger partial charge < -0.3 is 0 Å².